The zero-order chi connectivity index (χ0) is 16.8. The van der Waals surface area contributed by atoms with Gasteiger partial charge in [0.1, 0.15) is 11.9 Å². The number of likely N-dealkylation sites (tertiary alicyclic amines) is 1. The van der Waals surface area contributed by atoms with Crippen molar-refractivity contribution < 1.29 is 9.29 Å². The highest BCUT2D eigenvalue weighted by Gasteiger charge is 2.27. The van der Waals surface area contributed by atoms with Gasteiger partial charge in [0.05, 0.1) is 19.6 Å². The van der Waals surface area contributed by atoms with Gasteiger partial charge < -0.3 is 15.5 Å². The Balaban J connectivity index is 1.60. The molecule has 1 fully saturated rings. The van der Waals surface area contributed by atoms with Crippen LogP contribution in [0.3, 0.4) is 0 Å². The van der Waals surface area contributed by atoms with E-state index in [1.54, 1.807) is 17.0 Å². The Kier molecular flexibility index (Phi) is 5.77. The molecule has 3 nitrogen and oxygen atoms in total. The predicted molar refractivity (Wildman–Crippen MR) is 99.7 cm³/mol. The van der Waals surface area contributed by atoms with Gasteiger partial charge in [-0.25, -0.2) is 4.39 Å². The number of anilines is 1. The molecule has 1 atom stereocenters. The van der Waals surface area contributed by atoms with Gasteiger partial charge in [0.15, 0.2) is 5.11 Å². The first-order chi connectivity index (χ1) is 11.7. The van der Waals surface area contributed by atoms with E-state index in [1.165, 1.54) is 43.6 Å². The van der Waals surface area contributed by atoms with Crippen LogP contribution in [0.5, 0.6) is 0 Å². The minimum atomic E-state index is -0.249. The zero-order valence-corrected chi connectivity index (χ0v) is 14.4. The quantitative estimate of drug-likeness (QED) is 0.728. The minimum absolute atomic E-state index is 0.249. The van der Waals surface area contributed by atoms with Gasteiger partial charge in [0, 0.05) is 24.1 Å². The molecule has 126 valence electrons. The molecule has 0 saturated carbocycles. The van der Waals surface area contributed by atoms with Crippen LogP contribution in [-0.4, -0.2) is 24.7 Å². The van der Waals surface area contributed by atoms with Gasteiger partial charge in [-0.2, -0.15) is 0 Å². The van der Waals surface area contributed by atoms with Gasteiger partial charge in [-0.15, -0.1) is 0 Å². The van der Waals surface area contributed by atoms with Crippen LogP contribution in [-0.2, 0) is 0 Å². The van der Waals surface area contributed by atoms with Crippen LogP contribution in [0.1, 0.15) is 24.4 Å². The minimum Gasteiger partial charge on any atom is -0.356 e. The molecule has 1 aliphatic rings. The smallest absolute Gasteiger partial charge is 0.171 e. The molecular weight excluding hydrogens is 321 g/mol. The normalized spacial score (nSPS) is 15.9. The summed E-state index contributed by atoms with van der Waals surface area (Å²) in [7, 11) is 0. The maximum Gasteiger partial charge on any atom is 0.171 e. The molecule has 0 radical (unpaired) electrons. The molecule has 2 aromatic rings. The summed E-state index contributed by atoms with van der Waals surface area (Å²) in [5, 5.41) is 7.01. The Morgan fingerprint density at radius 1 is 1.04 bits per heavy atom. The van der Waals surface area contributed by atoms with Crippen molar-refractivity contribution in [2.45, 2.75) is 18.9 Å². The average Bonchev–Trinajstić information content (AvgIpc) is 3.12. The van der Waals surface area contributed by atoms with Crippen molar-refractivity contribution in [3.63, 3.8) is 0 Å². The van der Waals surface area contributed by atoms with E-state index < -0.39 is 0 Å². The Labute approximate surface area is 147 Å². The maximum atomic E-state index is 13.0. The Morgan fingerprint density at radius 2 is 1.71 bits per heavy atom. The number of hydrogen-bond donors (Lipinski definition) is 3. The molecule has 2 aromatic carbocycles. The fourth-order valence-corrected chi connectivity index (χ4v) is 3.47. The lowest BCUT2D eigenvalue weighted by atomic mass is 10.1. The van der Waals surface area contributed by atoms with E-state index in [0.29, 0.717) is 11.2 Å². The van der Waals surface area contributed by atoms with Gasteiger partial charge >= 0.3 is 0 Å². The van der Waals surface area contributed by atoms with E-state index >= 15 is 0 Å². The second-order valence-corrected chi connectivity index (χ2v) is 6.58. The first-order valence-electron chi connectivity index (χ1n) is 8.42. The molecule has 5 heteroatoms. The van der Waals surface area contributed by atoms with E-state index in [0.717, 1.165) is 12.2 Å². The van der Waals surface area contributed by atoms with E-state index in [9.17, 15) is 4.39 Å². The Bertz CT molecular complexity index is 654. The van der Waals surface area contributed by atoms with Crippen LogP contribution >= 0.6 is 12.2 Å². The topological polar surface area (TPSA) is 28.5 Å². The van der Waals surface area contributed by atoms with Crippen molar-refractivity contribution >= 4 is 23.0 Å². The number of thiocarbonyl (C=S) groups is 1. The lowest BCUT2D eigenvalue weighted by Gasteiger charge is -2.26. The van der Waals surface area contributed by atoms with Crippen LogP contribution in [0, 0.1) is 5.82 Å². The lowest BCUT2D eigenvalue weighted by Crippen LogP contribution is -3.11. The summed E-state index contributed by atoms with van der Waals surface area (Å²) < 4.78 is 13.0. The molecular formula is C19H23FN3S+. The number of quaternary nitrogens is 1. The Hall–Kier alpha value is -1.98. The number of halogens is 1. The van der Waals surface area contributed by atoms with Crippen molar-refractivity contribution in [3.8, 4) is 0 Å². The molecule has 24 heavy (non-hydrogen) atoms. The molecule has 3 rings (SSSR count). The van der Waals surface area contributed by atoms with Gasteiger partial charge in [-0.05, 0) is 36.5 Å². The molecule has 0 spiro atoms. The van der Waals surface area contributed by atoms with E-state index in [1.807, 2.05) is 6.07 Å². The zero-order valence-electron chi connectivity index (χ0n) is 13.6. The summed E-state index contributed by atoms with van der Waals surface area (Å²) in [6, 6.07) is 17.2. The van der Waals surface area contributed by atoms with E-state index in [2.05, 4.69) is 34.9 Å². The van der Waals surface area contributed by atoms with Crippen molar-refractivity contribution in [1.29, 1.82) is 0 Å². The number of hydrogen-bond acceptors (Lipinski definition) is 1. The summed E-state index contributed by atoms with van der Waals surface area (Å²) in [4.78, 5) is 1.61. The molecule has 0 aromatic heterocycles. The third-order valence-corrected chi connectivity index (χ3v) is 4.76. The number of rotatable bonds is 5. The van der Waals surface area contributed by atoms with Gasteiger partial charge in [0.2, 0.25) is 0 Å². The van der Waals surface area contributed by atoms with E-state index in [-0.39, 0.29) is 5.82 Å². The fourth-order valence-electron chi connectivity index (χ4n) is 3.26. The summed E-state index contributed by atoms with van der Waals surface area (Å²) in [5.41, 5.74) is 2.13. The van der Waals surface area contributed by atoms with Crippen molar-refractivity contribution in [2.24, 2.45) is 0 Å². The molecule has 1 aliphatic heterocycles. The molecule has 1 heterocycles. The van der Waals surface area contributed by atoms with Crippen molar-refractivity contribution in [2.75, 3.05) is 25.0 Å². The molecule has 1 saturated heterocycles. The largest absolute Gasteiger partial charge is 0.356 e. The highest BCUT2D eigenvalue weighted by Crippen LogP contribution is 2.11. The fraction of sp³-hybridized carbons (Fsp3) is 0.316. The lowest BCUT2D eigenvalue weighted by molar-refractivity contribution is -0.918. The summed E-state index contributed by atoms with van der Waals surface area (Å²) in [6.07, 6.45) is 2.58. The first kappa shape index (κ1) is 16.9. The van der Waals surface area contributed by atoms with Crippen molar-refractivity contribution in [1.82, 2.24) is 5.32 Å². The Morgan fingerprint density at radius 3 is 2.38 bits per heavy atom. The SMILES string of the molecule is Fc1ccc(NC(=S)NC[C@@H](c2ccccc2)[NH+]2CCCC2)cc1. The number of benzene rings is 2. The third-order valence-electron chi connectivity index (χ3n) is 4.51. The molecule has 0 unspecified atom stereocenters. The average molecular weight is 344 g/mol. The monoisotopic (exact) mass is 344 g/mol. The third kappa shape index (κ3) is 4.52. The molecule has 0 amide bonds. The van der Waals surface area contributed by atoms with Crippen LogP contribution in [0.4, 0.5) is 10.1 Å². The van der Waals surface area contributed by atoms with Gasteiger partial charge in [0.25, 0.3) is 0 Å². The number of nitrogens with one attached hydrogen (secondary N) is 3. The van der Waals surface area contributed by atoms with Gasteiger partial charge in [-0.3, -0.25) is 0 Å². The van der Waals surface area contributed by atoms with Crippen LogP contribution < -0.4 is 15.5 Å². The molecule has 0 bridgehead atoms. The summed E-state index contributed by atoms with van der Waals surface area (Å²) >= 11 is 5.39. The second-order valence-electron chi connectivity index (χ2n) is 6.17. The maximum absolute atomic E-state index is 13.0. The van der Waals surface area contributed by atoms with Crippen LogP contribution in [0.25, 0.3) is 0 Å². The molecule has 3 N–H and O–H groups in total. The predicted octanol–water partition coefficient (Wildman–Crippen LogP) is 2.53. The summed E-state index contributed by atoms with van der Waals surface area (Å²) in [6.45, 7) is 3.20. The second kappa shape index (κ2) is 8.22. The summed E-state index contributed by atoms with van der Waals surface area (Å²) in [5.74, 6) is -0.249. The highest BCUT2D eigenvalue weighted by molar-refractivity contribution is 7.80. The van der Waals surface area contributed by atoms with Gasteiger partial charge in [-0.1, -0.05) is 30.3 Å². The first-order valence-corrected chi connectivity index (χ1v) is 8.83. The highest BCUT2D eigenvalue weighted by atomic mass is 32.1. The van der Waals surface area contributed by atoms with Crippen LogP contribution in [0.2, 0.25) is 0 Å². The van der Waals surface area contributed by atoms with E-state index in [4.69, 9.17) is 12.2 Å². The van der Waals surface area contributed by atoms with Crippen LogP contribution in [0.15, 0.2) is 54.6 Å². The van der Waals surface area contributed by atoms with Crippen molar-refractivity contribution in [3.05, 3.63) is 66.0 Å². The standard InChI is InChI=1S/C19H22FN3S/c20-16-8-10-17(11-9-16)22-19(24)21-14-18(23-12-4-5-13-23)15-6-2-1-3-7-15/h1-3,6-11,18H,4-5,12-14H2,(H2,21,22,24)/p+1/t18-/m0/s1. The molecule has 0 aliphatic carbocycles.